The first-order valence-electron chi connectivity index (χ1n) is 5.70. The zero-order valence-corrected chi connectivity index (χ0v) is 11.6. The summed E-state index contributed by atoms with van der Waals surface area (Å²) in [5.41, 5.74) is 1.25. The SMILES string of the molecule is Cc1nn(C)c(Oc2cncc(Cl)c2)c1C=CC(=O)O. The minimum Gasteiger partial charge on any atom is -0.478 e. The maximum Gasteiger partial charge on any atom is 0.328 e. The molecule has 2 heterocycles. The molecule has 2 aromatic rings. The molecule has 0 saturated heterocycles. The van der Waals surface area contributed by atoms with Gasteiger partial charge in [0, 0.05) is 25.4 Å². The summed E-state index contributed by atoms with van der Waals surface area (Å²) in [4.78, 5) is 14.5. The van der Waals surface area contributed by atoms with Crippen LogP contribution in [0.4, 0.5) is 0 Å². The van der Waals surface area contributed by atoms with E-state index >= 15 is 0 Å². The summed E-state index contributed by atoms with van der Waals surface area (Å²) in [7, 11) is 1.71. The Kier molecular flexibility index (Phi) is 4.05. The molecule has 0 aliphatic rings. The molecule has 0 fully saturated rings. The molecular formula is C13H12ClN3O3. The van der Waals surface area contributed by atoms with Gasteiger partial charge in [0.2, 0.25) is 5.88 Å². The highest BCUT2D eigenvalue weighted by molar-refractivity contribution is 6.30. The number of carboxylic acids is 1. The zero-order chi connectivity index (χ0) is 14.7. The summed E-state index contributed by atoms with van der Waals surface area (Å²) in [5, 5.41) is 13.4. The molecule has 0 aliphatic carbocycles. The van der Waals surface area contributed by atoms with Crippen molar-refractivity contribution in [3.05, 3.63) is 40.8 Å². The van der Waals surface area contributed by atoms with Crippen molar-refractivity contribution in [3.8, 4) is 11.6 Å². The van der Waals surface area contributed by atoms with Crippen molar-refractivity contribution in [1.29, 1.82) is 0 Å². The summed E-state index contributed by atoms with van der Waals surface area (Å²) in [6.07, 6.45) is 5.48. The largest absolute Gasteiger partial charge is 0.478 e. The molecule has 2 aromatic heterocycles. The standard InChI is InChI=1S/C13H12ClN3O3/c1-8-11(3-4-12(18)19)13(17(2)16-8)20-10-5-9(14)6-15-7-10/h3-7H,1-2H3,(H,18,19). The summed E-state index contributed by atoms with van der Waals surface area (Å²) < 4.78 is 7.21. The fourth-order valence-corrected chi connectivity index (χ4v) is 1.84. The highest BCUT2D eigenvalue weighted by atomic mass is 35.5. The molecule has 2 rings (SSSR count). The number of ether oxygens (including phenoxy) is 1. The number of carboxylic acid groups (broad SMARTS) is 1. The summed E-state index contributed by atoms with van der Waals surface area (Å²) in [6.45, 7) is 1.77. The lowest BCUT2D eigenvalue weighted by Crippen LogP contribution is -1.96. The van der Waals surface area contributed by atoms with Crippen LogP contribution in [0.15, 0.2) is 24.5 Å². The fourth-order valence-electron chi connectivity index (χ4n) is 1.68. The van der Waals surface area contributed by atoms with E-state index in [2.05, 4.69) is 10.1 Å². The minimum absolute atomic E-state index is 0.420. The van der Waals surface area contributed by atoms with Gasteiger partial charge in [0.15, 0.2) is 0 Å². The lowest BCUT2D eigenvalue weighted by Gasteiger charge is -2.06. The molecule has 0 saturated carbocycles. The number of pyridine rings is 1. The molecule has 0 aromatic carbocycles. The number of aryl methyl sites for hydroxylation is 2. The summed E-state index contributed by atoms with van der Waals surface area (Å²) in [5.74, 6) is -0.168. The van der Waals surface area contributed by atoms with Gasteiger partial charge >= 0.3 is 5.97 Å². The zero-order valence-electron chi connectivity index (χ0n) is 10.9. The summed E-state index contributed by atoms with van der Waals surface area (Å²) in [6, 6.07) is 1.61. The lowest BCUT2D eigenvalue weighted by atomic mass is 10.2. The highest BCUT2D eigenvalue weighted by Gasteiger charge is 2.14. The van der Waals surface area contributed by atoms with Crippen LogP contribution in [-0.2, 0) is 11.8 Å². The number of hydrogen-bond acceptors (Lipinski definition) is 4. The van der Waals surface area contributed by atoms with E-state index in [1.807, 2.05) is 0 Å². The van der Waals surface area contributed by atoms with Gasteiger partial charge in [-0.15, -0.1) is 0 Å². The van der Waals surface area contributed by atoms with Gasteiger partial charge in [-0.1, -0.05) is 11.6 Å². The van der Waals surface area contributed by atoms with Gasteiger partial charge in [0.25, 0.3) is 0 Å². The van der Waals surface area contributed by atoms with E-state index in [4.69, 9.17) is 21.4 Å². The van der Waals surface area contributed by atoms with Crippen molar-refractivity contribution in [2.75, 3.05) is 0 Å². The van der Waals surface area contributed by atoms with Crippen LogP contribution < -0.4 is 4.74 Å². The number of carbonyl (C=O) groups is 1. The van der Waals surface area contributed by atoms with Crippen molar-refractivity contribution in [3.63, 3.8) is 0 Å². The second kappa shape index (κ2) is 5.75. The van der Waals surface area contributed by atoms with E-state index in [0.717, 1.165) is 6.08 Å². The van der Waals surface area contributed by atoms with Gasteiger partial charge in [0.05, 0.1) is 22.5 Å². The van der Waals surface area contributed by atoms with Crippen molar-refractivity contribution in [1.82, 2.24) is 14.8 Å². The van der Waals surface area contributed by atoms with Crippen LogP contribution in [0.3, 0.4) is 0 Å². The van der Waals surface area contributed by atoms with Crippen LogP contribution in [0, 0.1) is 6.92 Å². The number of nitrogens with zero attached hydrogens (tertiary/aromatic N) is 3. The van der Waals surface area contributed by atoms with Crippen LogP contribution in [0.5, 0.6) is 11.6 Å². The number of aromatic nitrogens is 3. The Morgan fingerprint density at radius 2 is 2.25 bits per heavy atom. The third kappa shape index (κ3) is 3.16. The average molecular weight is 294 g/mol. The molecule has 0 unspecified atom stereocenters. The third-order valence-electron chi connectivity index (χ3n) is 2.50. The first-order valence-corrected chi connectivity index (χ1v) is 6.08. The number of aliphatic carboxylic acids is 1. The first kappa shape index (κ1) is 14.1. The van der Waals surface area contributed by atoms with Crippen LogP contribution in [-0.4, -0.2) is 25.8 Å². The van der Waals surface area contributed by atoms with E-state index in [-0.39, 0.29) is 0 Å². The molecule has 1 N–H and O–H groups in total. The highest BCUT2D eigenvalue weighted by Crippen LogP contribution is 2.28. The Balaban J connectivity index is 2.38. The third-order valence-corrected chi connectivity index (χ3v) is 2.71. The monoisotopic (exact) mass is 293 g/mol. The van der Waals surface area contributed by atoms with E-state index in [0.29, 0.717) is 27.9 Å². The molecule has 0 amide bonds. The maximum absolute atomic E-state index is 10.6. The molecule has 104 valence electrons. The van der Waals surface area contributed by atoms with Gasteiger partial charge in [-0.05, 0) is 13.0 Å². The number of hydrogen-bond donors (Lipinski definition) is 1. The minimum atomic E-state index is -1.04. The first-order chi connectivity index (χ1) is 9.47. The molecule has 6 nitrogen and oxygen atoms in total. The van der Waals surface area contributed by atoms with Gasteiger partial charge < -0.3 is 9.84 Å². The summed E-state index contributed by atoms with van der Waals surface area (Å²) >= 11 is 5.84. The Morgan fingerprint density at radius 3 is 2.90 bits per heavy atom. The second-order valence-corrected chi connectivity index (χ2v) is 4.48. The molecule has 20 heavy (non-hydrogen) atoms. The van der Waals surface area contributed by atoms with Crippen LogP contribution in [0.1, 0.15) is 11.3 Å². The second-order valence-electron chi connectivity index (χ2n) is 4.04. The van der Waals surface area contributed by atoms with Gasteiger partial charge in [-0.2, -0.15) is 5.10 Å². The van der Waals surface area contributed by atoms with Crippen molar-refractivity contribution in [2.45, 2.75) is 6.92 Å². The van der Waals surface area contributed by atoms with Crippen molar-refractivity contribution >= 4 is 23.6 Å². The van der Waals surface area contributed by atoms with E-state index in [1.165, 1.54) is 23.2 Å². The topological polar surface area (TPSA) is 77.2 Å². The molecule has 0 aliphatic heterocycles. The fraction of sp³-hybridized carbons (Fsp3) is 0.154. The molecule has 0 radical (unpaired) electrons. The van der Waals surface area contributed by atoms with Crippen molar-refractivity contribution < 1.29 is 14.6 Å². The molecule has 0 atom stereocenters. The quantitative estimate of drug-likeness (QED) is 0.877. The molecule has 7 heteroatoms. The Hall–Kier alpha value is -2.34. The average Bonchev–Trinajstić information content (AvgIpc) is 2.62. The van der Waals surface area contributed by atoms with Crippen molar-refractivity contribution in [2.24, 2.45) is 7.05 Å². The van der Waals surface area contributed by atoms with Gasteiger partial charge in [0.1, 0.15) is 5.75 Å². The smallest absolute Gasteiger partial charge is 0.328 e. The van der Waals surface area contributed by atoms with E-state index in [1.54, 1.807) is 20.0 Å². The normalized spacial score (nSPS) is 10.9. The van der Waals surface area contributed by atoms with Crippen LogP contribution >= 0.6 is 11.6 Å². The van der Waals surface area contributed by atoms with E-state index in [9.17, 15) is 4.79 Å². The maximum atomic E-state index is 10.6. The Morgan fingerprint density at radius 1 is 1.50 bits per heavy atom. The van der Waals surface area contributed by atoms with Gasteiger partial charge in [-0.25, -0.2) is 9.48 Å². The predicted octanol–water partition coefficient (Wildman–Crippen LogP) is 2.67. The molecule has 0 bridgehead atoms. The number of rotatable bonds is 4. The molecular weight excluding hydrogens is 282 g/mol. The Bertz CT molecular complexity index is 679. The molecule has 0 spiro atoms. The van der Waals surface area contributed by atoms with Gasteiger partial charge in [-0.3, -0.25) is 4.98 Å². The van der Waals surface area contributed by atoms with E-state index < -0.39 is 5.97 Å². The lowest BCUT2D eigenvalue weighted by molar-refractivity contribution is -0.131. The van der Waals surface area contributed by atoms with Crippen LogP contribution in [0.25, 0.3) is 6.08 Å². The van der Waals surface area contributed by atoms with Crippen LogP contribution in [0.2, 0.25) is 5.02 Å². The Labute approximate surface area is 120 Å². The predicted molar refractivity (Wildman–Crippen MR) is 73.9 cm³/mol. The number of halogens is 1.